The Morgan fingerprint density at radius 2 is 1.73 bits per heavy atom. The number of hydrogen-bond donors (Lipinski definition) is 1. The Morgan fingerprint density at radius 1 is 1.06 bits per heavy atom. The van der Waals surface area contributed by atoms with Gasteiger partial charge in [0.15, 0.2) is 0 Å². The molecule has 4 rings (SSSR count). The Balaban J connectivity index is 1.86. The molecule has 174 valence electrons. The zero-order valence-corrected chi connectivity index (χ0v) is 17.9. The third-order valence-corrected chi connectivity index (χ3v) is 5.73. The lowest BCUT2D eigenvalue weighted by Crippen LogP contribution is -2.38. The first-order valence-corrected chi connectivity index (χ1v) is 10.5. The number of alkyl halides is 4. The van der Waals surface area contributed by atoms with Crippen LogP contribution in [0.5, 0.6) is 0 Å². The van der Waals surface area contributed by atoms with Crippen LogP contribution < -0.4 is 10.6 Å². The van der Waals surface area contributed by atoms with Gasteiger partial charge in [-0.15, -0.1) is 5.10 Å². The van der Waals surface area contributed by atoms with Crippen LogP contribution in [0.1, 0.15) is 25.3 Å². The van der Waals surface area contributed by atoms with Crippen molar-refractivity contribution in [3.63, 3.8) is 0 Å². The Kier molecular flexibility index (Phi) is 5.96. The van der Waals surface area contributed by atoms with E-state index in [2.05, 4.69) is 10.3 Å². The number of para-hydroxylation sites is 1. The van der Waals surface area contributed by atoms with Gasteiger partial charge in [0.25, 0.3) is 0 Å². The minimum Gasteiger partial charge on any atom is -0.330 e. The summed E-state index contributed by atoms with van der Waals surface area (Å²) >= 11 is 0. The second kappa shape index (κ2) is 8.58. The molecule has 0 spiro atoms. The third kappa shape index (κ3) is 4.22. The van der Waals surface area contributed by atoms with Crippen LogP contribution in [-0.4, -0.2) is 39.3 Å². The number of halogens is 4. The molecule has 0 atom stereocenters. The minimum absolute atomic E-state index is 0.149. The number of amides is 1. The molecule has 0 saturated carbocycles. The van der Waals surface area contributed by atoms with Crippen molar-refractivity contribution in [2.75, 3.05) is 11.4 Å². The zero-order chi connectivity index (χ0) is 23.8. The molecule has 10 heteroatoms. The lowest BCUT2D eigenvalue weighted by atomic mass is 9.95. The molecule has 2 heterocycles. The van der Waals surface area contributed by atoms with Gasteiger partial charge in [-0.05, 0) is 11.6 Å². The molecule has 0 fully saturated rings. The molecule has 1 aliphatic heterocycles. The van der Waals surface area contributed by atoms with E-state index >= 15 is 0 Å². The smallest absolute Gasteiger partial charge is 0.311 e. The molecular weight excluding hydrogens is 438 g/mol. The quantitative estimate of drug-likeness (QED) is 0.549. The Labute approximate surface area is 188 Å². The van der Waals surface area contributed by atoms with Crippen molar-refractivity contribution in [3.8, 4) is 22.5 Å². The summed E-state index contributed by atoms with van der Waals surface area (Å²) in [7, 11) is 0. The second-order valence-electron chi connectivity index (χ2n) is 8.05. The highest BCUT2D eigenvalue weighted by Gasteiger charge is 2.51. The highest BCUT2D eigenvalue weighted by atomic mass is 19.3. The summed E-state index contributed by atoms with van der Waals surface area (Å²) in [4.78, 5) is 14.5. The number of nitrogens with two attached hydrogens (primary N) is 1. The van der Waals surface area contributed by atoms with Gasteiger partial charge in [-0.3, -0.25) is 4.79 Å². The van der Waals surface area contributed by atoms with Gasteiger partial charge < -0.3 is 10.6 Å². The molecule has 1 aliphatic rings. The van der Waals surface area contributed by atoms with Crippen LogP contribution in [0.2, 0.25) is 0 Å². The van der Waals surface area contributed by atoms with Gasteiger partial charge in [-0.2, -0.15) is 8.78 Å². The Bertz CT molecular complexity index is 1170. The SMILES string of the molecule is CC(F)(F)C(F)(F)CCn1nnc2c1-c1ccccc1CN(C(=O)CCN)c1ccccc1-2. The number of rotatable bonds is 6. The molecule has 33 heavy (non-hydrogen) atoms. The van der Waals surface area contributed by atoms with Crippen molar-refractivity contribution in [1.82, 2.24) is 15.0 Å². The number of fused-ring (bicyclic) bond motifs is 5. The highest BCUT2D eigenvalue weighted by Crippen LogP contribution is 2.42. The van der Waals surface area contributed by atoms with Gasteiger partial charge in [0.1, 0.15) is 5.69 Å². The van der Waals surface area contributed by atoms with Crippen molar-refractivity contribution < 1.29 is 22.4 Å². The number of nitrogens with zero attached hydrogens (tertiary/aromatic N) is 4. The fourth-order valence-electron chi connectivity index (χ4n) is 3.92. The summed E-state index contributed by atoms with van der Waals surface area (Å²) in [6, 6.07) is 14.3. The second-order valence-corrected chi connectivity index (χ2v) is 8.05. The number of benzene rings is 2. The summed E-state index contributed by atoms with van der Waals surface area (Å²) in [5.41, 5.74) is 9.00. The zero-order valence-electron chi connectivity index (χ0n) is 17.9. The van der Waals surface area contributed by atoms with Crippen molar-refractivity contribution in [2.24, 2.45) is 5.73 Å². The predicted octanol–water partition coefficient (Wildman–Crippen LogP) is 4.49. The van der Waals surface area contributed by atoms with Crippen LogP contribution in [0.15, 0.2) is 48.5 Å². The van der Waals surface area contributed by atoms with Gasteiger partial charge in [0, 0.05) is 44.0 Å². The number of aromatic nitrogens is 3. The average Bonchev–Trinajstić information content (AvgIpc) is 3.18. The van der Waals surface area contributed by atoms with E-state index < -0.39 is 24.8 Å². The maximum atomic E-state index is 14.0. The lowest BCUT2D eigenvalue weighted by molar-refractivity contribution is -0.202. The third-order valence-electron chi connectivity index (χ3n) is 5.73. The monoisotopic (exact) mass is 461 g/mol. The molecular formula is C23H23F4N5O. The minimum atomic E-state index is -4.20. The van der Waals surface area contributed by atoms with Crippen molar-refractivity contribution in [2.45, 2.75) is 44.7 Å². The molecule has 0 unspecified atom stereocenters. The highest BCUT2D eigenvalue weighted by molar-refractivity contribution is 6.00. The van der Waals surface area contributed by atoms with Gasteiger partial charge in [-0.1, -0.05) is 47.7 Å². The summed E-state index contributed by atoms with van der Waals surface area (Å²) in [5.74, 6) is -8.52. The molecule has 6 nitrogen and oxygen atoms in total. The largest absolute Gasteiger partial charge is 0.330 e. The lowest BCUT2D eigenvalue weighted by Gasteiger charge is -2.28. The first-order valence-electron chi connectivity index (χ1n) is 10.5. The van der Waals surface area contributed by atoms with E-state index in [0.29, 0.717) is 28.2 Å². The molecule has 2 N–H and O–H groups in total. The fraction of sp³-hybridized carbons (Fsp3) is 0.348. The fourth-order valence-corrected chi connectivity index (χ4v) is 3.92. The molecule has 0 aliphatic carbocycles. The molecule has 3 aromatic rings. The number of carbonyl (C=O) groups is 1. The number of anilines is 1. The summed E-state index contributed by atoms with van der Waals surface area (Å²) in [6.45, 7) is 0.166. The van der Waals surface area contributed by atoms with E-state index in [1.165, 1.54) is 4.68 Å². The number of carbonyl (C=O) groups excluding carboxylic acids is 1. The first kappa shape index (κ1) is 22.9. The predicted molar refractivity (Wildman–Crippen MR) is 116 cm³/mol. The average molecular weight is 461 g/mol. The first-order chi connectivity index (χ1) is 15.6. The molecule has 0 saturated heterocycles. The van der Waals surface area contributed by atoms with Gasteiger partial charge >= 0.3 is 11.8 Å². The summed E-state index contributed by atoms with van der Waals surface area (Å²) in [5, 5.41) is 8.25. The summed E-state index contributed by atoms with van der Waals surface area (Å²) in [6.07, 6.45) is -0.951. The van der Waals surface area contributed by atoms with E-state index in [0.717, 1.165) is 5.56 Å². The van der Waals surface area contributed by atoms with Crippen molar-refractivity contribution >= 4 is 11.6 Å². The van der Waals surface area contributed by atoms with E-state index in [4.69, 9.17) is 5.73 Å². The van der Waals surface area contributed by atoms with E-state index in [-0.39, 0.29) is 32.3 Å². The van der Waals surface area contributed by atoms with Crippen molar-refractivity contribution in [1.29, 1.82) is 0 Å². The molecule has 0 bridgehead atoms. The topological polar surface area (TPSA) is 77.0 Å². The number of aryl methyl sites for hydroxylation is 1. The maximum Gasteiger partial charge on any atom is 0.311 e. The maximum absolute atomic E-state index is 14.0. The summed E-state index contributed by atoms with van der Waals surface area (Å²) < 4.78 is 55.9. The normalized spacial score (nSPS) is 13.6. The van der Waals surface area contributed by atoms with Gasteiger partial charge in [0.05, 0.1) is 17.9 Å². The molecule has 1 aromatic heterocycles. The molecule has 1 amide bonds. The molecule has 0 radical (unpaired) electrons. The molecule has 2 aromatic carbocycles. The van der Waals surface area contributed by atoms with E-state index in [1.54, 1.807) is 47.4 Å². The van der Waals surface area contributed by atoms with Crippen LogP contribution in [-0.2, 0) is 17.9 Å². The Hall–Kier alpha value is -3.27. The van der Waals surface area contributed by atoms with Gasteiger partial charge in [-0.25, -0.2) is 13.5 Å². The van der Waals surface area contributed by atoms with E-state index in [1.807, 2.05) is 6.07 Å². The van der Waals surface area contributed by atoms with Crippen LogP contribution >= 0.6 is 0 Å². The Morgan fingerprint density at radius 3 is 2.42 bits per heavy atom. The van der Waals surface area contributed by atoms with E-state index in [9.17, 15) is 22.4 Å². The van der Waals surface area contributed by atoms with Crippen molar-refractivity contribution in [3.05, 3.63) is 54.1 Å². The van der Waals surface area contributed by atoms with Gasteiger partial charge in [0.2, 0.25) is 5.91 Å². The van der Waals surface area contributed by atoms with Crippen LogP contribution in [0.4, 0.5) is 23.2 Å². The standard InChI is InChI=1S/C23H23F4N5O/c1-22(24,25)23(26,27)11-13-32-21-16-7-3-2-6-15(16)14-31(19(33)10-12-28)18-9-5-4-8-17(18)20(21)29-30-32/h2-9H,10-14,28H2,1H3. The number of hydrogen-bond acceptors (Lipinski definition) is 4. The van der Waals surface area contributed by atoms with Crippen LogP contribution in [0, 0.1) is 0 Å². The van der Waals surface area contributed by atoms with Crippen LogP contribution in [0.25, 0.3) is 22.5 Å². The van der Waals surface area contributed by atoms with Crippen LogP contribution in [0.3, 0.4) is 0 Å².